The first-order chi connectivity index (χ1) is 29.6. The summed E-state index contributed by atoms with van der Waals surface area (Å²) in [5.74, 6) is -7.85. The molecule has 3 heterocycles. The minimum absolute atomic E-state index is 0.0282. The molecule has 1 aromatic carbocycles. The summed E-state index contributed by atoms with van der Waals surface area (Å²) in [6.45, 7) is 16.5. The van der Waals surface area contributed by atoms with E-state index in [0.29, 0.717) is 24.0 Å². The number of nitrogens with zero attached hydrogens (tertiary/aromatic N) is 1. The zero-order valence-corrected chi connectivity index (χ0v) is 38.6. The van der Waals surface area contributed by atoms with Crippen molar-refractivity contribution in [3.8, 4) is 11.5 Å². The van der Waals surface area contributed by atoms with Gasteiger partial charge in [0.15, 0.2) is 29.8 Å². The average Bonchev–Trinajstić information content (AvgIpc) is 3.59. The zero-order chi connectivity index (χ0) is 47.4. The van der Waals surface area contributed by atoms with Crippen molar-refractivity contribution < 1.29 is 80.1 Å². The van der Waals surface area contributed by atoms with Gasteiger partial charge in [0.2, 0.25) is 12.4 Å². The summed E-state index contributed by atoms with van der Waals surface area (Å²) in [7, 11) is 2.63. The highest BCUT2D eigenvalue weighted by Gasteiger charge is 2.83. The van der Waals surface area contributed by atoms with Gasteiger partial charge in [0, 0.05) is 42.0 Å². The molecule has 8 rings (SSSR count). The van der Waals surface area contributed by atoms with Crippen molar-refractivity contribution in [3.05, 3.63) is 23.3 Å². The van der Waals surface area contributed by atoms with Gasteiger partial charge in [-0.25, -0.2) is 4.79 Å². The van der Waals surface area contributed by atoms with Crippen LogP contribution in [-0.4, -0.2) is 121 Å². The number of piperidine rings is 1. The standard InChI is InChI=1S/C46H62F3NO14/c1-21(2)34(51)60-30-31(61-35(52)22(3)4)33(62-36(53)23(5)6)38(63-32(30)37(54)57-11)59-25-14-13-24-19-27-43-15-16-45(58-12,26(20-43)42(10,56)41(7,8)9)39-44(43,28(24)29(25)64-39)17-18-50(27)40(55)46(47,48)49/h13-14,21-23,26-27,30-33,38-39,56H,15-20H2,1-12H3/t26-,27-,30+,31+,32+,33-,38-,39-,42?,43-,44+,45-/m1/s1. The third-order valence-corrected chi connectivity index (χ3v) is 15.4. The van der Waals surface area contributed by atoms with Crippen LogP contribution in [0.4, 0.5) is 13.2 Å². The number of rotatable bonds is 11. The number of hydrogen-bond acceptors (Lipinski definition) is 14. The lowest BCUT2D eigenvalue weighted by Crippen LogP contribution is -2.83. The second kappa shape index (κ2) is 16.0. The van der Waals surface area contributed by atoms with Crippen LogP contribution in [0.25, 0.3) is 0 Å². The highest BCUT2D eigenvalue weighted by molar-refractivity contribution is 5.83. The van der Waals surface area contributed by atoms with E-state index < -0.39 is 130 Å². The fourth-order valence-electron chi connectivity index (χ4n) is 11.7. The lowest BCUT2D eigenvalue weighted by atomic mass is 9.33. The summed E-state index contributed by atoms with van der Waals surface area (Å²) < 4.78 is 92.7. The van der Waals surface area contributed by atoms with Crippen LogP contribution in [0.15, 0.2) is 12.1 Å². The lowest BCUT2D eigenvalue weighted by Gasteiger charge is -2.75. The minimum Gasteiger partial charge on any atom is -0.482 e. The first-order valence-corrected chi connectivity index (χ1v) is 22.1. The van der Waals surface area contributed by atoms with E-state index in [2.05, 4.69) is 0 Å². The van der Waals surface area contributed by atoms with E-state index >= 15 is 0 Å². The number of amides is 1. The fourth-order valence-corrected chi connectivity index (χ4v) is 11.7. The van der Waals surface area contributed by atoms with Crippen LogP contribution in [0.2, 0.25) is 0 Å². The number of ether oxygens (including phenoxy) is 8. The topological polar surface area (TPSA) is 183 Å². The monoisotopic (exact) mass is 909 g/mol. The molecule has 7 aliphatic rings. The van der Waals surface area contributed by atoms with E-state index in [1.807, 2.05) is 20.8 Å². The van der Waals surface area contributed by atoms with Gasteiger partial charge in [-0.15, -0.1) is 0 Å². The van der Waals surface area contributed by atoms with Crippen LogP contribution in [-0.2, 0) is 64.2 Å². The number of aliphatic hydroxyl groups is 1. The number of esters is 4. The van der Waals surface area contributed by atoms with Crippen LogP contribution in [0, 0.1) is 34.5 Å². The predicted molar refractivity (Wildman–Crippen MR) is 217 cm³/mol. The molecule has 4 bridgehead atoms. The molecule has 4 aliphatic carbocycles. The van der Waals surface area contributed by atoms with E-state index in [0.717, 1.165) is 12.0 Å². The van der Waals surface area contributed by atoms with Crippen LogP contribution >= 0.6 is 0 Å². The fraction of sp³-hybridized carbons (Fsp3) is 0.761. The van der Waals surface area contributed by atoms with E-state index in [-0.39, 0.29) is 37.3 Å². The number of alkyl halides is 3. The molecule has 1 aromatic rings. The first-order valence-electron chi connectivity index (χ1n) is 22.1. The molecule has 12 atom stereocenters. The Morgan fingerprint density at radius 1 is 0.828 bits per heavy atom. The summed E-state index contributed by atoms with van der Waals surface area (Å²) in [5.41, 5.74) is -4.13. The Morgan fingerprint density at radius 2 is 1.41 bits per heavy atom. The third-order valence-electron chi connectivity index (χ3n) is 15.4. The number of methoxy groups -OCH3 is 2. The van der Waals surface area contributed by atoms with E-state index in [4.69, 9.17) is 37.9 Å². The summed E-state index contributed by atoms with van der Waals surface area (Å²) in [6, 6.07) is 2.30. The first kappa shape index (κ1) is 47.8. The molecule has 3 aliphatic heterocycles. The van der Waals surface area contributed by atoms with E-state index in [1.165, 1.54) is 6.07 Å². The van der Waals surface area contributed by atoms with Gasteiger partial charge in [-0.3, -0.25) is 19.2 Å². The summed E-state index contributed by atoms with van der Waals surface area (Å²) in [6.07, 6.45) is -13.5. The van der Waals surface area contributed by atoms with Crippen molar-refractivity contribution in [3.63, 3.8) is 0 Å². The van der Waals surface area contributed by atoms with Crippen molar-refractivity contribution in [2.24, 2.45) is 34.5 Å². The second-order valence-electron chi connectivity index (χ2n) is 20.6. The lowest BCUT2D eigenvalue weighted by molar-refractivity contribution is -0.312. The van der Waals surface area contributed by atoms with Crippen LogP contribution in [0.1, 0.15) is 106 Å². The molecule has 64 heavy (non-hydrogen) atoms. The Hall–Kier alpha value is -4.16. The van der Waals surface area contributed by atoms with Gasteiger partial charge in [0.25, 0.3) is 0 Å². The van der Waals surface area contributed by atoms with Gasteiger partial charge in [0.1, 0.15) is 11.7 Å². The minimum atomic E-state index is -5.13. The summed E-state index contributed by atoms with van der Waals surface area (Å²) in [5, 5.41) is 12.6. The molecule has 1 N–H and O–H groups in total. The van der Waals surface area contributed by atoms with Gasteiger partial charge in [-0.05, 0) is 56.1 Å². The Balaban J connectivity index is 1.41. The number of likely N-dealkylation sites (tertiary alicyclic amines) is 1. The third kappa shape index (κ3) is 6.96. The van der Waals surface area contributed by atoms with Crippen LogP contribution in [0.5, 0.6) is 11.5 Å². The van der Waals surface area contributed by atoms with Crippen molar-refractivity contribution in [2.45, 2.75) is 167 Å². The van der Waals surface area contributed by atoms with E-state index in [9.17, 15) is 42.3 Å². The maximum atomic E-state index is 14.4. The smallest absolute Gasteiger partial charge is 0.471 e. The van der Waals surface area contributed by atoms with Gasteiger partial charge >= 0.3 is 36.0 Å². The number of benzene rings is 1. The molecule has 2 saturated heterocycles. The highest BCUT2D eigenvalue weighted by Crippen LogP contribution is 2.78. The number of carbonyl (C=O) groups is 5. The SMILES string of the molecule is COC(=O)[C@H]1O[C@@H](Oc2ccc3c4c2O[C@H]2[C@@]5(OC)CC[C@@]6(C[C@@H]5C(C)(O)C(C)(C)C)[C@@H](C3)N(C(=O)C(F)(F)F)CC[C@]426)[C@H](OC(=O)C(C)C)[C@@H](OC(=O)C(C)C)[C@@H]1OC(=O)C(C)C. The Kier molecular flexibility index (Phi) is 12.0. The van der Waals surface area contributed by atoms with Crippen LogP contribution in [0.3, 0.4) is 0 Å². The number of fused-ring (bicyclic) bond motifs is 2. The maximum Gasteiger partial charge on any atom is 0.471 e. The molecule has 0 radical (unpaired) electrons. The van der Waals surface area contributed by atoms with Gasteiger partial charge < -0.3 is 47.9 Å². The number of hydrogen-bond donors (Lipinski definition) is 1. The van der Waals surface area contributed by atoms with Crippen molar-refractivity contribution in [1.29, 1.82) is 0 Å². The molecule has 1 unspecified atom stereocenters. The molecular formula is C46H62F3NO14. The van der Waals surface area contributed by atoms with Gasteiger partial charge in [-0.2, -0.15) is 13.2 Å². The molecule has 5 fully saturated rings. The molecule has 18 heteroatoms. The number of carbonyl (C=O) groups excluding carboxylic acids is 5. The molecule has 15 nitrogen and oxygen atoms in total. The van der Waals surface area contributed by atoms with Gasteiger partial charge in [0.05, 0.1) is 30.5 Å². The maximum absolute atomic E-state index is 14.4. The number of halogens is 3. The second-order valence-corrected chi connectivity index (χ2v) is 20.6. The van der Waals surface area contributed by atoms with Gasteiger partial charge in [-0.1, -0.05) is 68.4 Å². The quantitative estimate of drug-likeness (QED) is 0.221. The summed E-state index contributed by atoms with van der Waals surface area (Å²) in [4.78, 5) is 67.9. The average molecular weight is 910 g/mol. The molecule has 2 spiro atoms. The van der Waals surface area contributed by atoms with Crippen molar-refractivity contribution in [1.82, 2.24) is 4.90 Å². The summed E-state index contributed by atoms with van der Waals surface area (Å²) >= 11 is 0. The normalized spacial score (nSPS) is 34.7. The predicted octanol–water partition coefficient (Wildman–Crippen LogP) is 5.37. The Labute approximate surface area is 371 Å². The van der Waals surface area contributed by atoms with Crippen molar-refractivity contribution >= 4 is 29.8 Å². The molecule has 356 valence electrons. The Bertz CT molecular complexity index is 2060. The molecule has 0 aromatic heterocycles. The highest BCUT2D eigenvalue weighted by atomic mass is 19.4. The largest absolute Gasteiger partial charge is 0.482 e. The molecule has 3 saturated carbocycles. The molecular weight excluding hydrogens is 847 g/mol. The molecule has 1 amide bonds. The van der Waals surface area contributed by atoms with Crippen molar-refractivity contribution in [2.75, 3.05) is 20.8 Å². The van der Waals surface area contributed by atoms with Crippen LogP contribution < -0.4 is 9.47 Å². The zero-order valence-electron chi connectivity index (χ0n) is 38.6. The van der Waals surface area contributed by atoms with E-state index in [1.54, 1.807) is 61.6 Å². The Morgan fingerprint density at radius 3 is 1.94 bits per heavy atom.